The van der Waals surface area contributed by atoms with Crippen LogP contribution in [0, 0.1) is 10.1 Å². The van der Waals surface area contributed by atoms with Crippen LogP contribution in [-0.4, -0.2) is 49.2 Å². The highest BCUT2D eigenvalue weighted by Crippen LogP contribution is 2.66. The van der Waals surface area contributed by atoms with E-state index in [0.29, 0.717) is 27.9 Å². The lowest BCUT2D eigenvalue weighted by atomic mass is 9.71. The molecule has 2 aromatic carbocycles. The fourth-order valence-corrected chi connectivity index (χ4v) is 8.37. The molecular formula is C27H24N4O5S2. The summed E-state index contributed by atoms with van der Waals surface area (Å²) in [5.41, 5.74) is 1.57. The summed E-state index contributed by atoms with van der Waals surface area (Å²) in [5.74, 6) is -0.615. The number of benzene rings is 2. The van der Waals surface area contributed by atoms with Crippen molar-refractivity contribution in [3.05, 3.63) is 93.4 Å². The Morgan fingerprint density at radius 1 is 1.21 bits per heavy atom. The summed E-state index contributed by atoms with van der Waals surface area (Å²) in [6, 6.07) is 15.7. The molecule has 3 atom stereocenters. The third-order valence-electron chi connectivity index (χ3n) is 7.93. The standard InChI is InChI=1S/C27H24N4O5S2/c1-3-16-9-10-22-20(12-16)26(23(32)28-22)27(24(33)30(25(37)38-27)14-19-8-5-11-36-19)21(15-29(26)2)17-6-4-7-18(13-17)31(34)35/h4-13,21H,3,14-15H2,1-2H3,(H,28,32)/t21-,26+,27-/m0/s1. The van der Waals surface area contributed by atoms with E-state index in [2.05, 4.69) is 5.32 Å². The Bertz CT molecular complexity index is 1510. The Balaban J connectivity index is 1.60. The Morgan fingerprint density at radius 3 is 2.74 bits per heavy atom. The number of amides is 2. The first-order chi connectivity index (χ1) is 18.2. The number of rotatable bonds is 5. The van der Waals surface area contributed by atoms with Gasteiger partial charge in [0.2, 0.25) is 5.91 Å². The quantitative estimate of drug-likeness (QED) is 0.284. The summed E-state index contributed by atoms with van der Waals surface area (Å²) in [7, 11) is 1.83. The van der Waals surface area contributed by atoms with Crippen LogP contribution < -0.4 is 5.32 Å². The molecule has 0 bridgehead atoms. The molecule has 9 nitrogen and oxygen atoms in total. The van der Waals surface area contributed by atoms with Gasteiger partial charge in [-0.3, -0.25) is 29.5 Å². The lowest BCUT2D eigenvalue weighted by Crippen LogP contribution is -2.61. The van der Waals surface area contributed by atoms with Crippen molar-refractivity contribution in [1.29, 1.82) is 0 Å². The summed E-state index contributed by atoms with van der Waals surface area (Å²) in [4.78, 5) is 43.5. The van der Waals surface area contributed by atoms with Gasteiger partial charge in [-0.1, -0.05) is 55.2 Å². The Labute approximate surface area is 228 Å². The van der Waals surface area contributed by atoms with Gasteiger partial charge < -0.3 is 9.73 Å². The summed E-state index contributed by atoms with van der Waals surface area (Å²) in [5, 5.41) is 14.7. The monoisotopic (exact) mass is 548 g/mol. The molecule has 3 aromatic rings. The highest BCUT2D eigenvalue weighted by Gasteiger charge is 2.77. The second-order valence-electron chi connectivity index (χ2n) is 9.76. The fourth-order valence-electron chi connectivity index (χ4n) is 6.24. The normalized spacial score (nSPS) is 26.5. The van der Waals surface area contributed by atoms with Crippen LogP contribution in [0.3, 0.4) is 0 Å². The molecule has 3 aliphatic heterocycles. The van der Waals surface area contributed by atoms with Crippen LogP contribution in [0.15, 0.2) is 65.3 Å². The predicted molar refractivity (Wildman–Crippen MR) is 147 cm³/mol. The zero-order valence-electron chi connectivity index (χ0n) is 20.7. The van der Waals surface area contributed by atoms with Crippen LogP contribution >= 0.6 is 24.0 Å². The highest BCUT2D eigenvalue weighted by molar-refractivity contribution is 8.25. The number of likely N-dealkylation sites (tertiary alicyclic amines) is 1. The van der Waals surface area contributed by atoms with Crippen LogP contribution in [0.4, 0.5) is 11.4 Å². The number of furan rings is 1. The van der Waals surface area contributed by atoms with Gasteiger partial charge in [-0.05, 0) is 42.8 Å². The van der Waals surface area contributed by atoms with Crippen molar-refractivity contribution < 1.29 is 18.9 Å². The van der Waals surface area contributed by atoms with Gasteiger partial charge in [-0.25, -0.2) is 0 Å². The first kappa shape index (κ1) is 24.8. The van der Waals surface area contributed by atoms with Gasteiger partial charge in [0.25, 0.3) is 11.6 Å². The van der Waals surface area contributed by atoms with Gasteiger partial charge in [0, 0.05) is 35.8 Å². The smallest absolute Gasteiger partial charge is 0.269 e. The number of thiocarbonyl (C=S) groups is 1. The molecule has 11 heteroatoms. The topological polar surface area (TPSA) is 109 Å². The van der Waals surface area contributed by atoms with Crippen molar-refractivity contribution in [2.75, 3.05) is 18.9 Å². The third-order valence-corrected chi connectivity index (χ3v) is 9.87. The number of likely N-dealkylation sites (N-methyl/N-ethyl adjacent to an activating group) is 1. The van der Waals surface area contributed by atoms with Crippen molar-refractivity contribution in [2.24, 2.45) is 0 Å². The number of fused-ring (bicyclic) bond motifs is 3. The van der Waals surface area contributed by atoms with Gasteiger partial charge in [-0.15, -0.1) is 0 Å². The van der Waals surface area contributed by atoms with Crippen molar-refractivity contribution in [1.82, 2.24) is 9.80 Å². The van der Waals surface area contributed by atoms with Gasteiger partial charge in [0.15, 0.2) is 5.54 Å². The van der Waals surface area contributed by atoms with Crippen molar-refractivity contribution in [3.8, 4) is 0 Å². The molecule has 0 radical (unpaired) electrons. The van der Waals surface area contributed by atoms with E-state index in [-0.39, 0.29) is 24.0 Å². The SMILES string of the molecule is CCc1ccc2c(c1)[C@]1(C(=O)N2)N(C)C[C@@H](c2cccc([N+](=O)[O-])c2)[C@@]12SC(=S)N(Cc1ccco1)C2=O. The Hall–Kier alpha value is -3.54. The second kappa shape index (κ2) is 8.75. The third kappa shape index (κ3) is 3.18. The lowest BCUT2D eigenvalue weighted by molar-refractivity contribution is -0.384. The summed E-state index contributed by atoms with van der Waals surface area (Å²) >= 11 is 6.99. The molecular weight excluding hydrogens is 524 g/mol. The minimum Gasteiger partial charge on any atom is -0.467 e. The van der Waals surface area contributed by atoms with Crippen LogP contribution in [-0.2, 0) is 28.1 Å². The summed E-state index contributed by atoms with van der Waals surface area (Å²) in [6.45, 7) is 2.49. The fraction of sp³-hybridized carbons (Fsp3) is 0.296. The molecule has 0 saturated carbocycles. The summed E-state index contributed by atoms with van der Waals surface area (Å²) in [6.07, 6.45) is 2.29. The van der Waals surface area contributed by atoms with E-state index < -0.39 is 21.1 Å². The van der Waals surface area contributed by atoms with Gasteiger partial charge in [0.1, 0.15) is 14.8 Å². The molecule has 2 saturated heterocycles. The van der Waals surface area contributed by atoms with Crippen LogP contribution in [0.5, 0.6) is 0 Å². The molecule has 0 unspecified atom stereocenters. The van der Waals surface area contributed by atoms with Crippen molar-refractivity contribution >= 4 is 51.5 Å². The van der Waals surface area contributed by atoms with Crippen molar-refractivity contribution in [2.45, 2.75) is 36.1 Å². The predicted octanol–water partition coefficient (Wildman–Crippen LogP) is 4.43. The first-order valence-corrected chi connectivity index (χ1v) is 13.4. The minimum absolute atomic E-state index is 0.0729. The average Bonchev–Trinajstić information content (AvgIpc) is 3.64. The lowest BCUT2D eigenvalue weighted by Gasteiger charge is -2.41. The van der Waals surface area contributed by atoms with E-state index in [0.717, 1.165) is 17.5 Å². The molecule has 194 valence electrons. The van der Waals surface area contributed by atoms with E-state index in [1.807, 2.05) is 37.1 Å². The zero-order valence-corrected chi connectivity index (χ0v) is 22.3. The molecule has 38 heavy (non-hydrogen) atoms. The number of hydrogen-bond donors (Lipinski definition) is 1. The molecule has 2 fully saturated rings. The van der Waals surface area contributed by atoms with Gasteiger partial charge in [-0.2, -0.15) is 0 Å². The van der Waals surface area contributed by atoms with Crippen LogP contribution in [0.2, 0.25) is 0 Å². The van der Waals surface area contributed by atoms with E-state index in [1.54, 1.807) is 24.3 Å². The highest BCUT2D eigenvalue weighted by atomic mass is 32.2. The van der Waals surface area contributed by atoms with Gasteiger partial charge in [0.05, 0.1) is 17.7 Å². The Morgan fingerprint density at radius 2 is 2.03 bits per heavy atom. The van der Waals surface area contributed by atoms with Crippen molar-refractivity contribution in [3.63, 3.8) is 0 Å². The number of hydrogen-bond acceptors (Lipinski definition) is 8. The molecule has 4 heterocycles. The zero-order chi connectivity index (χ0) is 26.8. The minimum atomic E-state index is -1.40. The van der Waals surface area contributed by atoms with E-state index in [1.165, 1.54) is 35.1 Å². The number of carbonyl (C=O) groups excluding carboxylic acids is 2. The van der Waals surface area contributed by atoms with Gasteiger partial charge >= 0.3 is 0 Å². The molecule has 1 N–H and O–H groups in total. The number of nitrogens with zero attached hydrogens (tertiary/aromatic N) is 3. The molecule has 3 aliphatic rings. The van der Waals surface area contributed by atoms with E-state index in [9.17, 15) is 19.7 Å². The van der Waals surface area contributed by atoms with E-state index >= 15 is 0 Å². The number of nitrogens with one attached hydrogen (secondary N) is 1. The second-order valence-corrected chi connectivity index (χ2v) is 11.6. The number of nitro groups is 1. The first-order valence-electron chi connectivity index (χ1n) is 12.2. The maximum atomic E-state index is 14.7. The van der Waals surface area contributed by atoms with Crippen LogP contribution in [0.25, 0.3) is 0 Å². The molecule has 1 aromatic heterocycles. The number of nitro benzene ring substituents is 1. The average molecular weight is 549 g/mol. The number of carbonyl (C=O) groups is 2. The molecule has 6 rings (SSSR count). The van der Waals surface area contributed by atoms with E-state index in [4.69, 9.17) is 16.6 Å². The number of anilines is 1. The van der Waals surface area contributed by atoms with Crippen LogP contribution in [0.1, 0.15) is 35.3 Å². The number of aryl methyl sites for hydroxylation is 1. The molecule has 2 spiro atoms. The summed E-state index contributed by atoms with van der Waals surface area (Å²) < 4.78 is 4.45. The maximum absolute atomic E-state index is 14.7. The Kier molecular flexibility index (Phi) is 5.71. The largest absolute Gasteiger partial charge is 0.467 e. The molecule has 0 aliphatic carbocycles. The number of non-ortho nitro benzene ring substituents is 1. The molecule has 2 amide bonds. The maximum Gasteiger partial charge on any atom is 0.269 e. The number of thioether (sulfide) groups is 1.